The molecule has 2 rings (SSSR count). The topological polar surface area (TPSA) is 32.3 Å². The molecule has 0 spiro atoms. The van der Waals surface area contributed by atoms with Gasteiger partial charge in [0.2, 0.25) is 0 Å². The molecule has 0 aromatic heterocycles. The summed E-state index contributed by atoms with van der Waals surface area (Å²) in [7, 11) is 0. The summed E-state index contributed by atoms with van der Waals surface area (Å²) in [5.41, 5.74) is -0.426. The van der Waals surface area contributed by atoms with Crippen LogP contribution in [0.2, 0.25) is 0 Å². The molecule has 1 aromatic rings. The number of hydrogen-bond acceptors (Lipinski definition) is 2. The van der Waals surface area contributed by atoms with Crippen molar-refractivity contribution >= 4 is 28.9 Å². The molecule has 0 saturated carbocycles. The van der Waals surface area contributed by atoms with Crippen LogP contribution in [0.15, 0.2) is 24.3 Å². The fraction of sp³-hybridized carbons (Fsp3) is 0.200. The van der Waals surface area contributed by atoms with Gasteiger partial charge in [-0.1, -0.05) is 0 Å². The molecule has 3 nitrogen and oxygen atoms in total. The number of carbonyl (C=O) groups excluding carboxylic acids is 1. The number of nitrogens with zero attached hydrogens (tertiary/aromatic N) is 1. The Morgan fingerprint density at radius 2 is 1.82 bits per heavy atom. The molecule has 1 aliphatic rings. The Balaban J connectivity index is 2.30. The van der Waals surface area contributed by atoms with E-state index in [9.17, 15) is 18.0 Å². The maximum absolute atomic E-state index is 12.3. The zero-order valence-electron chi connectivity index (χ0n) is 8.41. The fourth-order valence-electron chi connectivity index (χ4n) is 1.48. The minimum atomic E-state index is -4.38. The molecule has 0 radical (unpaired) electrons. The van der Waals surface area contributed by atoms with Gasteiger partial charge in [-0.05, 0) is 36.5 Å². The molecule has 0 aliphatic carbocycles. The van der Waals surface area contributed by atoms with E-state index in [4.69, 9.17) is 12.2 Å². The molecule has 0 bridgehead atoms. The number of halogens is 3. The normalized spacial score (nSPS) is 16.3. The van der Waals surface area contributed by atoms with Gasteiger partial charge in [0.25, 0.3) is 5.91 Å². The van der Waals surface area contributed by atoms with Crippen molar-refractivity contribution in [1.29, 1.82) is 0 Å². The van der Waals surface area contributed by atoms with Gasteiger partial charge in [-0.15, -0.1) is 0 Å². The van der Waals surface area contributed by atoms with Crippen LogP contribution in [0.5, 0.6) is 0 Å². The number of hydrogen-bond donors (Lipinski definition) is 1. The molecule has 1 amide bonds. The van der Waals surface area contributed by atoms with Gasteiger partial charge in [-0.3, -0.25) is 9.69 Å². The van der Waals surface area contributed by atoms with E-state index in [0.717, 1.165) is 12.1 Å². The minimum Gasteiger partial charge on any atom is -0.353 e. The third kappa shape index (κ3) is 2.23. The van der Waals surface area contributed by atoms with Crippen LogP contribution in [0.1, 0.15) is 5.56 Å². The van der Waals surface area contributed by atoms with E-state index >= 15 is 0 Å². The first kappa shape index (κ1) is 11.8. The molecule has 1 aromatic carbocycles. The lowest BCUT2D eigenvalue weighted by Crippen LogP contribution is -2.30. The summed E-state index contributed by atoms with van der Waals surface area (Å²) >= 11 is 4.88. The highest BCUT2D eigenvalue weighted by atomic mass is 32.1. The molecule has 1 aliphatic heterocycles. The summed E-state index contributed by atoms with van der Waals surface area (Å²) in [6.07, 6.45) is -4.38. The van der Waals surface area contributed by atoms with Gasteiger partial charge in [0.15, 0.2) is 5.11 Å². The van der Waals surface area contributed by atoms with Crippen LogP contribution in [0.25, 0.3) is 0 Å². The first-order valence-corrected chi connectivity index (χ1v) is 5.08. The van der Waals surface area contributed by atoms with Crippen LogP contribution in [0.3, 0.4) is 0 Å². The second-order valence-electron chi connectivity index (χ2n) is 3.43. The van der Waals surface area contributed by atoms with Gasteiger partial charge >= 0.3 is 6.18 Å². The molecule has 0 atom stereocenters. The lowest BCUT2D eigenvalue weighted by atomic mass is 10.2. The van der Waals surface area contributed by atoms with Gasteiger partial charge in [0.05, 0.1) is 17.8 Å². The number of alkyl halides is 3. The van der Waals surface area contributed by atoms with Crippen molar-refractivity contribution in [2.75, 3.05) is 11.4 Å². The summed E-state index contributed by atoms with van der Waals surface area (Å²) in [5, 5.41) is 2.85. The van der Waals surface area contributed by atoms with E-state index in [-0.39, 0.29) is 17.6 Å². The predicted octanol–water partition coefficient (Wildman–Crippen LogP) is 1.93. The van der Waals surface area contributed by atoms with Crippen LogP contribution in [0.4, 0.5) is 18.9 Å². The van der Waals surface area contributed by atoms with E-state index in [1.807, 2.05) is 0 Å². The highest BCUT2D eigenvalue weighted by Crippen LogP contribution is 2.30. The van der Waals surface area contributed by atoms with E-state index in [2.05, 4.69) is 5.32 Å². The second kappa shape index (κ2) is 3.99. The Morgan fingerprint density at radius 3 is 2.24 bits per heavy atom. The van der Waals surface area contributed by atoms with Gasteiger partial charge < -0.3 is 5.32 Å². The number of carbonyl (C=O) groups is 1. The van der Waals surface area contributed by atoms with Crippen molar-refractivity contribution in [1.82, 2.24) is 5.32 Å². The summed E-state index contributed by atoms with van der Waals surface area (Å²) in [6, 6.07) is 4.28. The number of thiocarbonyl (C=S) groups is 1. The SMILES string of the molecule is O=C1CNC(=S)N1c1ccc(C(F)(F)F)cc1. The smallest absolute Gasteiger partial charge is 0.353 e. The molecule has 90 valence electrons. The lowest BCUT2D eigenvalue weighted by molar-refractivity contribution is -0.137. The molecule has 17 heavy (non-hydrogen) atoms. The predicted molar refractivity (Wildman–Crippen MR) is 59.5 cm³/mol. The average Bonchev–Trinajstić information content (AvgIpc) is 2.58. The van der Waals surface area contributed by atoms with Crippen molar-refractivity contribution in [2.24, 2.45) is 0 Å². The zero-order valence-corrected chi connectivity index (χ0v) is 9.23. The molecular weight excluding hydrogens is 253 g/mol. The third-order valence-corrected chi connectivity index (χ3v) is 2.62. The Labute approximate surface area is 100 Å². The Kier molecular flexibility index (Phi) is 2.78. The van der Waals surface area contributed by atoms with Crippen LogP contribution >= 0.6 is 12.2 Å². The van der Waals surface area contributed by atoms with E-state index < -0.39 is 11.7 Å². The van der Waals surface area contributed by atoms with Gasteiger partial charge in [-0.2, -0.15) is 13.2 Å². The first-order valence-electron chi connectivity index (χ1n) is 4.67. The number of benzene rings is 1. The van der Waals surface area contributed by atoms with Gasteiger partial charge in [0.1, 0.15) is 0 Å². The quantitative estimate of drug-likeness (QED) is 0.783. The van der Waals surface area contributed by atoms with Crippen LogP contribution in [-0.4, -0.2) is 17.6 Å². The van der Waals surface area contributed by atoms with Crippen LogP contribution in [0, 0.1) is 0 Å². The Hall–Kier alpha value is -1.63. The van der Waals surface area contributed by atoms with E-state index in [0.29, 0.717) is 5.69 Å². The highest BCUT2D eigenvalue weighted by molar-refractivity contribution is 7.80. The number of rotatable bonds is 1. The number of amides is 1. The second-order valence-corrected chi connectivity index (χ2v) is 3.82. The first-order chi connectivity index (χ1) is 7.89. The molecule has 1 saturated heterocycles. The number of nitrogens with one attached hydrogen (secondary N) is 1. The molecular formula is C10H7F3N2OS. The van der Waals surface area contributed by atoms with Crippen molar-refractivity contribution in [3.63, 3.8) is 0 Å². The molecule has 0 unspecified atom stereocenters. The van der Waals surface area contributed by atoms with Crippen molar-refractivity contribution < 1.29 is 18.0 Å². The van der Waals surface area contributed by atoms with Crippen LogP contribution in [-0.2, 0) is 11.0 Å². The molecule has 1 N–H and O–H groups in total. The van der Waals surface area contributed by atoms with E-state index in [1.165, 1.54) is 17.0 Å². The maximum Gasteiger partial charge on any atom is 0.416 e. The summed E-state index contributed by atoms with van der Waals surface area (Å²) < 4.78 is 37.0. The lowest BCUT2D eigenvalue weighted by Gasteiger charge is -2.15. The Morgan fingerprint density at radius 1 is 1.24 bits per heavy atom. The number of anilines is 1. The van der Waals surface area contributed by atoms with Crippen molar-refractivity contribution in [2.45, 2.75) is 6.18 Å². The van der Waals surface area contributed by atoms with Crippen molar-refractivity contribution in [3.05, 3.63) is 29.8 Å². The third-order valence-electron chi connectivity index (χ3n) is 2.30. The summed E-state index contributed by atoms with van der Waals surface area (Å²) in [4.78, 5) is 12.6. The summed E-state index contributed by atoms with van der Waals surface area (Å²) in [5.74, 6) is -0.283. The highest BCUT2D eigenvalue weighted by Gasteiger charge is 2.31. The molecule has 1 heterocycles. The monoisotopic (exact) mass is 260 g/mol. The van der Waals surface area contributed by atoms with Gasteiger partial charge in [0, 0.05) is 0 Å². The average molecular weight is 260 g/mol. The standard InChI is InChI=1S/C10H7F3N2OS/c11-10(12,13)6-1-3-7(4-2-6)15-8(16)5-14-9(15)17/h1-4H,5H2,(H,14,17). The van der Waals surface area contributed by atoms with Crippen molar-refractivity contribution in [3.8, 4) is 0 Å². The van der Waals surface area contributed by atoms with Crippen LogP contribution < -0.4 is 10.2 Å². The fourth-order valence-corrected chi connectivity index (χ4v) is 1.76. The minimum absolute atomic E-state index is 0.0693. The largest absolute Gasteiger partial charge is 0.416 e. The molecule has 1 fully saturated rings. The summed E-state index contributed by atoms with van der Waals surface area (Å²) in [6.45, 7) is 0.0693. The Bertz CT molecular complexity index is 453. The zero-order chi connectivity index (χ0) is 12.6. The van der Waals surface area contributed by atoms with E-state index in [1.54, 1.807) is 0 Å². The maximum atomic E-state index is 12.3. The van der Waals surface area contributed by atoms with Gasteiger partial charge in [-0.25, -0.2) is 0 Å². The molecule has 7 heteroatoms.